The maximum absolute atomic E-state index is 14.3. The zero-order chi connectivity index (χ0) is 18.3. The molecule has 2 nitrogen and oxygen atoms in total. The number of hydrogen-bond acceptors (Lipinski definition) is 2. The van der Waals surface area contributed by atoms with Gasteiger partial charge in [-0.2, -0.15) is 0 Å². The highest BCUT2D eigenvalue weighted by Gasteiger charge is 2.44. The number of rotatable bonds is 3. The van der Waals surface area contributed by atoms with Crippen molar-refractivity contribution in [1.29, 1.82) is 0 Å². The molecule has 1 aliphatic heterocycles. The van der Waals surface area contributed by atoms with Gasteiger partial charge in [0, 0.05) is 22.9 Å². The van der Waals surface area contributed by atoms with Gasteiger partial charge in [0.1, 0.15) is 0 Å². The minimum absolute atomic E-state index is 0.529. The number of fused-ring (bicyclic) bond motifs is 2. The molecular weight excluding hydrogens is 359 g/mol. The molecule has 0 spiro atoms. The van der Waals surface area contributed by atoms with Crippen LogP contribution in [-0.4, -0.2) is 10.7 Å². The zero-order valence-electron chi connectivity index (χ0n) is 14.9. The quantitative estimate of drug-likeness (QED) is 0.487. The van der Waals surface area contributed by atoms with Crippen molar-refractivity contribution in [3.8, 4) is 11.1 Å². The summed E-state index contributed by atoms with van der Waals surface area (Å²) in [6, 6.07) is 21.6. The molecule has 1 heterocycles. The van der Waals surface area contributed by atoms with Gasteiger partial charge in [-0.25, -0.2) is 0 Å². The number of aryl methyl sites for hydroxylation is 1. The van der Waals surface area contributed by atoms with Crippen molar-refractivity contribution < 1.29 is 9.12 Å². The lowest BCUT2D eigenvalue weighted by Gasteiger charge is -2.31. The summed E-state index contributed by atoms with van der Waals surface area (Å²) in [6.45, 7) is 4.09. The van der Waals surface area contributed by atoms with E-state index in [1.807, 2.05) is 61.5 Å². The monoisotopic (exact) mass is 380 g/mol. The molecule has 0 bridgehead atoms. The second-order valence-corrected chi connectivity index (χ2v) is 10.9. The molecule has 3 aromatic carbocycles. The fraction of sp³-hybridized carbons (Fsp3) is 0.182. The van der Waals surface area contributed by atoms with E-state index in [1.165, 1.54) is 0 Å². The second kappa shape index (κ2) is 6.74. The third kappa shape index (κ3) is 2.50. The SMILES string of the molecule is CCc1ccc2c(c1-c1ccccc1)P(=O)(CC)c1ccccc1[S+]2[O-]. The first kappa shape index (κ1) is 17.6. The van der Waals surface area contributed by atoms with Crippen LogP contribution in [0.1, 0.15) is 19.4 Å². The van der Waals surface area contributed by atoms with E-state index in [2.05, 4.69) is 19.1 Å². The van der Waals surface area contributed by atoms with Crippen LogP contribution in [0, 0.1) is 0 Å². The Labute approximate surface area is 157 Å². The van der Waals surface area contributed by atoms with Crippen molar-refractivity contribution in [3.05, 3.63) is 72.3 Å². The van der Waals surface area contributed by atoms with Gasteiger partial charge in [-0.1, -0.05) is 62.4 Å². The Morgan fingerprint density at radius 3 is 2.27 bits per heavy atom. The van der Waals surface area contributed by atoms with Gasteiger partial charge in [0.2, 0.25) is 0 Å². The fourth-order valence-corrected chi connectivity index (χ4v) is 9.09. The Morgan fingerprint density at radius 1 is 0.885 bits per heavy atom. The van der Waals surface area contributed by atoms with Crippen molar-refractivity contribution in [2.24, 2.45) is 0 Å². The van der Waals surface area contributed by atoms with E-state index in [0.717, 1.165) is 33.7 Å². The largest absolute Gasteiger partial charge is 0.606 e. The molecule has 0 aromatic heterocycles. The zero-order valence-corrected chi connectivity index (χ0v) is 16.6. The van der Waals surface area contributed by atoms with E-state index < -0.39 is 18.3 Å². The predicted octanol–water partition coefficient (Wildman–Crippen LogP) is 4.73. The van der Waals surface area contributed by atoms with Crippen molar-refractivity contribution >= 4 is 28.9 Å². The highest BCUT2D eigenvalue weighted by molar-refractivity contribution is 7.95. The molecule has 0 N–H and O–H groups in total. The van der Waals surface area contributed by atoms with E-state index in [0.29, 0.717) is 16.0 Å². The number of hydrogen-bond donors (Lipinski definition) is 0. The van der Waals surface area contributed by atoms with Crippen LogP contribution >= 0.6 is 7.14 Å². The third-order valence-corrected chi connectivity index (χ3v) is 10.2. The van der Waals surface area contributed by atoms with Gasteiger partial charge in [-0.3, -0.25) is 0 Å². The van der Waals surface area contributed by atoms with Crippen molar-refractivity contribution in [1.82, 2.24) is 0 Å². The highest BCUT2D eigenvalue weighted by Crippen LogP contribution is 2.53. The summed E-state index contributed by atoms with van der Waals surface area (Å²) in [6.07, 6.45) is 1.37. The molecule has 0 saturated heterocycles. The van der Waals surface area contributed by atoms with E-state index in [1.54, 1.807) is 0 Å². The molecular formula is C22H21O2PS. The van der Waals surface area contributed by atoms with Crippen LogP contribution in [0.15, 0.2) is 76.5 Å². The summed E-state index contributed by atoms with van der Waals surface area (Å²) in [5.74, 6) is 0. The number of benzene rings is 3. The van der Waals surface area contributed by atoms with E-state index >= 15 is 0 Å². The van der Waals surface area contributed by atoms with Crippen molar-refractivity contribution in [2.45, 2.75) is 30.1 Å². The molecule has 0 fully saturated rings. The van der Waals surface area contributed by atoms with Crippen LogP contribution in [-0.2, 0) is 22.2 Å². The highest BCUT2D eigenvalue weighted by atomic mass is 32.2. The predicted molar refractivity (Wildman–Crippen MR) is 110 cm³/mol. The molecule has 132 valence electrons. The van der Waals surface area contributed by atoms with Crippen molar-refractivity contribution in [2.75, 3.05) is 6.16 Å². The van der Waals surface area contributed by atoms with Gasteiger partial charge >= 0.3 is 0 Å². The first-order chi connectivity index (χ1) is 12.6. The van der Waals surface area contributed by atoms with Gasteiger partial charge in [0.05, 0.1) is 10.6 Å². The second-order valence-electron chi connectivity index (χ2n) is 6.46. The van der Waals surface area contributed by atoms with E-state index in [9.17, 15) is 9.12 Å². The Balaban J connectivity index is 2.13. The normalized spacial score (nSPS) is 21.1. The topological polar surface area (TPSA) is 40.1 Å². The Morgan fingerprint density at radius 2 is 1.58 bits per heavy atom. The molecule has 0 saturated carbocycles. The minimum atomic E-state index is -2.85. The molecule has 0 aliphatic carbocycles. The van der Waals surface area contributed by atoms with Crippen molar-refractivity contribution in [3.63, 3.8) is 0 Å². The summed E-state index contributed by atoms with van der Waals surface area (Å²) in [5, 5.41) is 1.57. The maximum Gasteiger partial charge on any atom is 0.170 e. The summed E-state index contributed by atoms with van der Waals surface area (Å²) in [4.78, 5) is 1.42. The first-order valence-corrected chi connectivity index (χ1v) is 12.0. The lowest BCUT2D eigenvalue weighted by Crippen LogP contribution is -2.34. The molecule has 2 atom stereocenters. The maximum atomic E-state index is 14.3. The van der Waals surface area contributed by atoms with Crippen LogP contribution in [0.3, 0.4) is 0 Å². The van der Waals surface area contributed by atoms with Gasteiger partial charge in [0.15, 0.2) is 16.9 Å². The molecule has 0 amide bonds. The van der Waals surface area contributed by atoms with Crippen LogP contribution in [0.2, 0.25) is 0 Å². The van der Waals surface area contributed by atoms with E-state index in [-0.39, 0.29) is 0 Å². The molecule has 4 rings (SSSR count). The van der Waals surface area contributed by atoms with Crippen LogP contribution in [0.4, 0.5) is 0 Å². The Hall–Kier alpha value is -1.80. The third-order valence-electron chi connectivity index (χ3n) is 5.13. The van der Waals surface area contributed by atoms with Gasteiger partial charge in [0.25, 0.3) is 0 Å². The lowest BCUT2D eigenvalue weighted by molar-refractivity contribution is 0.581. The van der Waals surface area contributed by atoms with Gasteiger partial charge in [-0.05, 0) is 35.7 Å². The minimum Gasteiger partial charge on any atom is -0.606 e. The van der Waals surface area contributed by atoms with Crippen LogP contribution in [0.5, 0.6) is 0 Å². The molecule has 2 unspecified atom stereocenters. The Kier molecular flexibility index (Phi) is 4.56. The van der Waals surface area contributed by atoms with Gasteiger partial charge in [-0.15, -0.1) is 0 Å². The molecule has 4 heteroatoms. The smallest absolute Gasteiger partial charge is 0.170 e. The molecule has 1 aliphatic rings. The summed E-state index contributed by atoms with van der Waals surface area (Å²) < 4.78 is 27.6. The molecule has 3 aromatic rings. The summed E-state index contributed by atoms with van der Waals surface area (Å²) in [5.41, 5.74) is 3.21. The standard InChI is InChI=1S/C22H21O2PS/c1-3-16-14-15-20-22(21(16)17-10-6-5-7-11-17)25(23,4-2)18-12-8-9-13-19(18)26(20)24/h5-15H,3-4H2,1-2H3. The summed E-state index contributed by atoms with van der Waals surface area (Å²) >= 11 is -1.30. The summed E-state index contributed by atoms with van der Waals surface area (Å²) in [7, 11) is -2.85. The lowest BCUT2D eigenvalue weighted by atomic mass is 9.98. The van der Waals surface area contributed by atoms with Crippen LogP contribution in [0.25, 0.3) is 11.1 Å². The van der Waals surface area contributed by atoms with Crippen LogP contribution < -0.4 is 10.6 Å². The average Bonchev–Trinajstić information content (AvgIpc) is 2.71. The average molecular weight is 380 g/mol. The first-order valence-electron chi connectivity index (χ1n) is 8.94. The molecule has 0 radical (unpaired) electrons. The van der Waals surface area contributed by atoms with Gasteiger partial charge < -0.3 is 9.12 Å². The Bertz CT molecular complexity index is 1010. The molecule has 26 heavy (non-hydrogen) atoms. The van der Waals surface area contributed by atoms with E-state index in [4.69, 9.17) is 0 Å². The fourth-order valence-electron chi connectivity index (χ4n) is 3.82.